The van der Waals surface area contributed by atoms with Gasteiger partial charge in [-0.2, -0.15) is 11.3 Å². The Morgan fingerprint density at radius 3 is 2.79 bits per heavy atom. The molecule has 1 unspecified atom stereocenters. The third-order valence-electron chi connectivity index (χ3n) is 2.57. The molecule has 0 saturated carbocycles. The van der Waals surface area contributed by atoms with Crippen molar-refractivity contribution in [1.29, 1.82) is 0 Å². The quantitative estimate of drug-likeness (QED) is 0.863. The molecule has 0 aliphatic heterocycles. The van der Waals surface area contributed by atoms with E-state index in [1.165, 1.54) is 29.8 Å². The van der Waals surface area contributed by atoms with Crippen LogP contribution < -0.4 is 5.32 Å². The van der Waals surface area contributed by atoms with Gasteiger partial charge in [-0.25, -0.2) is 0 Å². The van der Waals surface area contributed by atoms with Crippen LogP contribution in [0, 0.1) is 0 Å². The molecule has 0 radical (unpaired) electrons. The van der Waals surface area contributed by atoms with Crippen LogP contribution in [0.3, 0.4) is 0 Å². The van der Waals surface area contributed by atoms with Crippen LogP contribution in [0.4, 0.5) is 0 Å². The van der Waals surface area contributed by atoms with Gasteiger partial charge in [0.25, 0.3) is 5.91 Å². The van der Waals surface area contributed by atoms with E-state index in [2.05, 4.69) is 10.1 Å². The number of carbonyl (C=O) groups excluding carboxylic acids is 2. The monoisotopic (exact) mass is 295 g/mol. The summed E-state index contributed by atoms with van der Waals surface area (Å²) < 4.78 is 4.67. The van der Waals surface area contributed by atoms with Gasteiger partial charge in [-0.15, -0.1) is 11.3 Å². The summed E-state index contributed by atoms with van der Waals surface area (Å²) in [5.41, 5.74) is 0.608. The molecular formula is C13H13NO3S2. The normalized spacial score (nSPS) is 11.8. The Hall–Kier alpha value is -1.66. The molecule has 0 aromatic carbocycles. The van der Waals surface area contributed by atoms with Gasteiger partial charge < -0.3 is 10.1 Å². The lowest BCUT2D eigenvalue weighted by Gasteiger charge is -2.15. The lowest BCUT2D eigenvalue weighted by Crippen LogP contribution is -2.29. The Bertz CT molecular complexity index is 534. The predicted octanol–water partition coefficient (Wildman–Crippen LogP) is 2.84. The molecule has 2 aromatic rings. The highest BCUT2D eigenvalue weighted by atomic mass is 32.1. The van der Waals surface area contributed by atoms with Gasteiger partial charge in [0.15, 0.2) is 0 Å². The Morgan fingerprint density at radius 1 is 1.37 bits per heavy atom. The highest BCUT2D eigenvalue weighted by Gasteiger charge is 2.20. The second-order valence-corrected chi connectivity index (χ2v) is 5.59. The van der Waals surface area contributed by atoms with Gasteiger partial charge in [0.05, 0.1) is 25.1 Å². The minimum absolute atomic E-state index is 0.132. The van der Waals surface area contributed by atoms with Crippen LogP contribution in [-0.4, -0.2) is 19.0 Å². The first-order chi connectivity index (χ1) is 9.20. The predicted molar refractivity (Wildman–Crippen MR) is 75.5 cm³/mol. The van der Waals surface area contributed by atoms with E-state index in [1.54, 1.807) is 11.4 Å². The fourth-order valence-corrected chi connectivity index (χ4v) is 3.01. The van der Waals surface area contributed by atoms with Crippen molar-refractivity contribution in [2.75, 3.05) is 7.11 Å². The van der Waals surface area contributed by atoms with Crippen LogP contribution in [0.2, 0.25) is 0 Å². The molecule has 0 saturated heterocycles. The Kier molecular flexibility index (Phi) is 4.70. The van der Waals surface area contributed by atoms with Gasteiger partial charge in [-0.05, 0) is 22.9 Å². The second-order valence-electron chi connectivity index (χ2n) is 3.83. The van der Waals surface area contributed by atoms with Gasteiger partial charge in [-0.3, -0.25) is 9.59 Å². The summed E-state index contributed by atoms with van der Waals surface area (Å²) in [6.45, 7) is 0. The summed E-state index contributed by atoms with van der Waals surface area (Å²) in [4.78, 5) is 24.4. The first-order valence-electron chi connectivity index (χ1n) is 5.64. The van der Waals surface area contributed by atoms with Crippen LogP contribution in [0.5, 0.6) is 0 Å². The maximum Gasteiger partial charge on any atom is 0.307 e. The van der Waals surface area contributed by atoms with Crippen LogP contribution in [0.1, 0.15) is 27.7 Å². The summed E-state index contributed by atoms with van der Waals surface area (Å²) in [7, 11) is 1.34. The fourth-order valence-electron chi connectivity index (χ4n) is 1.60. The summed E-state index contributed by atoms with van der Waals surface area (Å²) in [6.07, 6.45) is 0.132. The number of esters is 1. The summed E-state index contributed by atoms with van der Waals surface area (Å²) in [6, 6.07) is 5.19. The number of rotatable bonds is 5. The van der Waals surface area contributed by atoms with E-state index in [1.807, 2.05) is 22.9 Å². The molecule has 0 bridgehead atoms. The summed E-state index contributed by atoms with van der Waals surface area (Å²) >= 11 is 2.96. The van der Waals surface area contributed by atoms with E-state index in [-0.39, 0.29) is 24.3 Å². The zero-order valence-electron chi connectivity index (χ0n) is 10.3. The number of thiophene rings is 2. The number of nitrogens with one attached hydrogen (secondary N) is 1. The van der Waals surface area contributed by atoms with Gasteiger partial charge >= 0.3 is 5.97 Å². The zero-order valence-corrected chi connectivity index (χ0v) is 11.9. The summed E-state index contributed by atoms with van der Waals surface area (Å²) in [5.74, 6) is -0.521. The van der Waals surface area contributed by atoms with Crippen molar-refractivity contribution < 1.29 is 14.3 Å². The highest BCUT2D eigenvalue weighted by molar-refractivity contribution is 7.10. The van der Waals surface area contributed by atoms with E-state index < -0.39 is 0 Å². The third kappa shape index (κ3) is 3.65. The standard InChI is InChI=1S/C13H13NO3S2/c1-17-12(15)7-10(11-3-2-5-19-11)14-13(16)9-4-6-18-8-9/h2-6,8,10H,7H2,1H3,(H,14,16). The fraction of sp³-hybridized carbons (Fsp3) is 0.231. The zero-order chi connectivity index (χ0) is 13.7. The van der Waals surface area contributed by atoms with E-state index in [0.29, 0.717) is 5.56 Å². The van der Waals surface area contributed by atoms with Gasteiger partial charge in [-0.1, -0.05) is 6.07 Å². The van der Waals surface area contributed by atoms with Crippen LogP contribution in [0.25, 0.3) is 0 Å². The lowest BCUT2D eigenvalue weighted by atomic mass is 10.1. The molecule has 0 fully saturated rings. The summed E-state index contributed by atoms with van der Waals surface area (Å²) in [5, 5.41) is 8.40. The van der Waals surface area contributed by atoms with Gasteiger partial charge in [0.2, 0.25) is 0 Å². The van der Waals surface area contributed by atoms with Crippen molar-refractivity contribution in [2.45, 2.75) is 12.5 Å². The molecular weight excluding hydrogens is 282 g/mol. The van der Waals surface area contributed by atoms with Crippen LogP contribution in [0.15, 0.2) is 34.3 Å². The average Bonchev–Trinajstić information content (AvgIpc) is 3.10. The molecule has 0 aliphatic rings. The van der Waals surface area contributed by atoms with Crippen molar-refractivity contribution in [1.82, 2.24) is 5.32 Å². The molecule has 1 atom stereocenters. The molecule has 4 nitrogen and oxygen atoms in total. The molecule has 2 aromatic heterocycles. The maximum atomic E-state index is 12.0. The SMILES string of the molecule is COC(=O)CC(NC(=O)c1ccsc1)c1cccs1. The number of methoxy groups -OCH3 is 1. The minimum Gasteiger partial charge on any atom is -0.469 e. The topological polar surface area (TPSA) is 55.4 Å². The molecule has 100 valence electrons. The first-order valence-corrected chi connectivity index (χ1v) is 7.46. The van der Waals surface area contributed by atoms with Gasteiger partial charge in [0.1, 0.15) is 0 Å². The van der Waals surface area contributed by atoms with E-state index in [9.17, 15) is 9.59 Å². The van der Waals surface area contributed by atoms with Crippen molar-refractivity contribution in [3.05, 3.63) is 44.8 Å². The molecule has 2 rings (SSSR count). The lowest BCUT2D eigenvalue weighted by molar-refractivity contribution is -0.141. The Morgan fingerprint density at radius 2 is 2.21 bits per heavy atom. The van der Waals surface area contributed by atoms with Crippen molar-refractivity contribution in [2.24, 2.45) is 0 Å². The van der Waals surface area contributed by atoms with E-state index in [4.69, 9.17) is 0 Å². The minimum atomic E-state index is -0.347. The van der Waals surface area contributed by atoms with Gasteiger partial charge in [0, 0.05) is 10.3 Å². The molecule has 1 amide bonds. The number of carbonyl (C=O) groups is 2. The van der Waals surface area contributed by atoms with Crippen molar-refractivity contribution >= 4 is 34.6 Å². The largest absolute Gasteiger partial charge is 0.469 e. The average molecular weight is 295 g/mol. The third-order valence-corrected chi connectivity index (χ3v) is 4.24. The Balaban J connectivity index is 2.10. The van der Waals surface area contributed by atoms with Crippen LogP contribution >= 0.6 is 22.7 Å². The molecule has 0 spiro atoms. The highest BCUT2D eigenvalue weighted by Crippen LogP contribution is 2.23. The molecule has 1 N–H and O–H groups in total. The number of amides is 1. The smallest absolute Gasteiger partial charge is 0.307 e. The molecule has 0 aliphatic carbocycles. The maximum absolute atomic E-state index is 12.0. The van der Waals surface area contributed by atoms with E-state index in [0.717, 1.165) is 4.88 Å². The number of hydrogen-bond donors (Lipinski definition) is 1. The Labute approximate surface area is 119 Å². The second kappa shape index (κ2) is 6.49. The molecule has 19 heavy (non-hydrogen) atoms. The van der Waals surface area contributed by atoms with Crippen LogP contribution in [-0.2, 0) is 9.53 Å². The van der Waals surface area contributed by atoms with Crippen molar-refractivity contribution in [3.8, 4) is 0 Å². The van der Waals surface area contributed by atoms with E-state index >= 15 is 0 Å². The molecule has 6 heteroatoms. The molecule has 2 heterocycles. The number of ether oxygens (including phenoxy) is 1. The van der Waals surface area contributed by atoms with Crippen molar-refractivity contribution in [3.63, 3.8) is 0 Å². The number of hydrogen-bond acceptors (Lipinski definition) is 5. The first kappa shape index (κ1) is 13.8.